The van der Waals surface area contributed by atoms with Crippen LogP contribution in [0.5, 0.6) is 0 Å². The van der Waals surface area contributed by atoms with Gasteiger partial charge in [0, 0.05) is 0 Å². The molecule has 1 heterocycles. The van der Waals surface area contributed by atoms with Crippen LogP contribution in [0.15, 0.2) is 51.7 Å². The van der Waals surface area contributed by atoms with Crippen molar-refractivity contribution >= 4 is 17.1 Å². The number of rotatable bonds is 3. The minimum Gasteiger partial charge on any atom is -0.478 e. The van der Waals surface area contributed by atoms with E-state index in [4.69, 9.17) is 9.52 Å². The summed E-state index contributed by atoms with van der Waals surface area (Å²) in [4.78, 5) is 23.0. The lowest BCUT2D eigenvalue weighted by Crippen LogP contribution is -2.15. The Morgan fingerprint density at radius 1 is 1.24 bits per heavy atom. The maximum absolute atomic E-state index is 12.0. The van der Waals surface area contributed by atoms with Gasteiger partial charge in [-0.3, -0.25) is 4.57 Å². The summed E-state index contributed by atoms with van der Waals surface area (Å²) in [5.41, 5.74) is 3.06. The molecule has 3 rings (SSSR count). The summed E-state index contributed by atoms with van der Waals surface area (Å²) in [6, 6.07) is 12.2. The number of fused-ring (bicyclic) bond motifs is 1. The van der Waals surface area contributed by atoms with Crippen LogP contribution >= 0.6 is 0 Å². The average molecular weight is 283 g/mol. The molecule has 0 aliphatic rings. The number of oxazole rings is 1. The molecule has 2 aromatic carbocycles. The minimum atomic E-state index is -1.03. The van der Waals surface area contributed by atoms with E-state index in [1.807, 2.05) is 31.2 Å². The maximum Gasteiger partial charge on any atom is 0.420 e. The summed E-state index contributed by atoms with van der Waals surface area (Å²) in [6.45, 7) is 2.32. The average Bonchev–Trinajstić information content (AvgIpc) is 2.74. The Bertz CT molecular complexity index is 889. The molecule has 0 saturated heterocycles. The van der Waals surface area contributed by atoms with Gasteiger partial charge in [0.2, 0.25) is 0 Å². The van der Waals surface area contributed by atoms with E-state index in [-0.39, 0.29) is 5.56 Å². The third-order valence-corrected chi connectivity index (χ3v) is 3.34. The van der Waals surface area contributed by atoms with E-state index in [9.17, 15) is 9.59 Å². The van der Waals surface area contributed by atoms with E-state index in [0.717, 1.165) is 11.1 Å². The summed E-state index contributed by atoms with van der Waals surface area (Å²) in [6.07, 6.45) is 0. The van der Waals surface area contributed by atoms with Crippen LogP contribution in [0.3, 0.4) is 0 Å². The molecule has 0 aliphatic heterocycles. The van der Waals surface area contributed by atoms with Crippen molar-refractivity contribution in [1.82, 2.24) is 4.57 Å². The molecule has 3 aromatic rings. The molecule has 1 N–H and O–H groups in total. The molecule has 0 saturated carbocycles. The van der Waals surface area contributed by atoms with Crippen molar-refractivity contribution in [2.45, 2.75) is 13.5 Å². The van der Waals surface area contributed by atoms with Gasteiger partial charge in [0.1, 0.15) is 0 Å². The zero-order valence-corrected chi connectivity index (χ0v) is 11.4. The highest BCUT2D eigenvalue weighted by Gasteiger charge is 2.12. The summed E-state index contributed by atoms with van der Waals surface area (Å²) >= 11 is 0. The SMILES string of the molecule is Cc1cccc(Cn2c(=O)oc3ccc(C(=O)O)cc32)c1. The highest BCUT2D eigenvalue weighted by atomic mass is 16.4. The van der Waals surface area contributed by atoms with E-state index in [2.05, 4.69) is 0 Å². The van der Waals surface area contributed by atoms with Crippen molar-refractivity contribution in [2.24, 2.45) is 0 Å². The second-order valence-corrected chi connectivity index (χ2v) is 4.93. The molecule has 0 fully saturated rings. The molecule has 0 spiro atoms. The number of aromatic nitrogens is 1. The van der Waals surface area contributed by atoms with E-state index in [1.54, 1.807) is 0 Å². The van der Waals surface area contributed by atoms with Crippen LogP contribution in [0.2, 0.25) is 0 Å². The van der Waals surface area contributed by atoms with Gasteiger partial charge in [0.25, 0.3) is 0 Å². The first-order valence-electron chi connectivity index (χ1n) is 6.47. The number of aryl methyl sites for hydroxylation is 1. The largest absolute Gasteiger partial charge is 0.478 e. The third-order valence-electron chi connectivity index (χ3n) is 3.34. The fourth-order valence-corrected chi connectivity index (χ4v) is 2.34. The zero-order chi connectivity index (χ0) is 15.0. The van der Waals surface area contributed by atoms with Crippen molar-refractivity contribution < 1.29 is 14.3 Å². The van der Waals surface area contributed by atoms with Crippen LogP contribution in [0.1, 0.15) is 21.5 Å². The zero-order valence-electron chi connectivity index (χ0n) is 11.4. The quantitative estimate of drug-likeness (QED) is 0.802. The van der Waals surface area contributed by atoms with Crippen molar-refractivity contribution in [2.75, 3.05) is 0 Å². The van der Waals surface area contributed by atoms with Gasteiger partial charge in [0.15, 0.2) is 5.58 Å². The van der Waals surface area contributed by atoms with E-state index < -0.39 is 11.7 Å². The van der Waals surface area contributed by atoms with Gasteiger partial charge >= 0.3 is 11.7 Å². The lowest BCUT2D eigenvalue weighted by molar-refractivity contribution is 0.0697. The van der Waals surface area contributed by atoms with Crippen molar-refractivity contribution in [1.29, 1.82) is 0 Å². The maximum atomic E-state index is 12.0. The topological polar surface area (TPSA) is 72.4 Å². The van der Waals surface area contributed by atoms with Crippen molar-refractivity contribution in [3.63, 3.8) is 0 Å². The monoisotopic (exact) mass is 283 g/mol. The van der Waals surface area contributed by atoms with Crippen LogP contribution in [-0.2, 0) is 6.54 Å². The molecule has 5 nitrogen and oxygen atoms in total. The predicted molar refractivity (Wildman–Crippen MR) is 77.7 cm³/mol. The van der Waals surface area contributed by atoms with E-state index in [1.165, 1.54) is 22.8 Å². The molecule has 106 valence electrons. The molecular formula is C16H13NO4. The van der Waals surface area contributed by atoms with Crippen molar-refractivity contribution in [3.8, 4) is 0 Å². The molecule has 21 heavy (non-hydrogen) atoms. The third kappa shape index (κ3) is 2.45. The van der Waals surface area contributed by atoms with E-state index in [0.29, 0.717) is 17.6 Å². The predicted octanol–water partition coefficient (Wildman–Crippen LogP) is 2.65. The summed E-state index contributed by atoms with van der Waals surface area (Å²) < 4.78 is 6.59. The smallest absolute Gasteiger partial charge is 0.420 e. The number of hydrogen-bond donors (Lipinski definition) is 1. The van der Waals surface area contributed by atoms with Crippen LogP contribution in [-0.4, -0.2) is 15.6 Å². The lowest BCUT2D eigenvalue weighted by atomic mass is 10.1. The fourth-order valence-electron chi connectivity index (χ4n) is 2.34. The fraction of sp³-hybridized carbons (Fsp3) is 0.125. The Morgan fingerprint density at radius 3 is 2.76 bits per heavy atom. The Hall–Kier alpha value is -2.82. The lowest BCUT2D eigenvalue weighted by Gasteiger charge is -2.04. The van der Waals surface area contributed by atoms with Gasteiger partial charge in [-0.2, -0.15) is 0 Å². The summed E-state index contributed by atoms with van der Waals surface area (Å²) in [5, 5.41) is 9.05. The normalized spacial score (nSPS) is 10.9. The molecule has 5 heteroatoms. The summed E-state index contributed by atoms with van der Waals surface area (Å²) in [7, 11) is 0. The van der Waals surface area contributed by atoms with Crippen LogP contribution in [0, 0.1) is 6.92 Å². The highest BCUT2D eigenvalue weighted by Crippen LogP contribution is 2.17. The standard InChI is InChI=1S/C16H13NO4/c1-10-3-2-4-11(7-10)9-17-13-8-12(15(18)19)5-6-14(13)21-16(17)20/h2-8H,9H2,1H3,(H,18,19). The van der Waals surface area contributed by atoms with E-state index >= 15 is 0 Å². The Morgan fingerprint density at radius 2 is 2.05 bits per heavy atom. The van der Waals surface area contributed by atoms with Gasteiger partial charge in [-0.25, -0.2) is 9.59 Å². The number of hydrogen-bond acceptors (Lipinski definition) is 3. The Labute approximate surface area is 120 Å². The number of carboxylic acids is 1. The van der Waals surface area contributed by atoms with Gasteiger partial charge in [0.05, 0.1) is 17.6 Å². The second-order valence-electron chi connectivity index (χ2n) is 4.93. The summed E-state index contributed by atoms with van der Waals surface area (Å²) in [5.74, 6) is -1.53. The number of carbonyl (C=O) groups is 1. The van der Waals surface area contributed by atoms with Crippen LogP contribution in [0.4, 0.5) is 0 Å². The number of aromatic carboxylic acids is 1. The second kappa shape index (κ2) is 4.94. The molecule has 0 unspecified atom stereocenters. The molecule has 0 bridgehead atoms. The molecule has 0 amide bonds. The van der Waals surface area contributed by atoms with Gasteiger partial charge < -0.3 is 9.52 Å². The van der Waals surface area contributed by atoms with Crippen molar-refractivity contribution in [3.05, 3.63) is 69.7 Å². The number of benzene rings is 2. The van der Waals surface area contributed by atoms with Gasteiger partial charge in [-0.1, -0.05) is 29.8 Å². The first-order valence-corrected chi connectivity index (χ1v) is 6.47. The molecule has 1 aromatic heterocycles. The number of nitrogens with zero attached hydrogens (tertiary/aromatic N) is 1. The molecule has 0 radical (unpaired) electrons. The Balaban J connectivity index is 2.12. The highest BCUT2D eigenvalue weighted by molar-refractivity contribution is 5.91. The van der Waals surface area contributed by atoms with Crippen LogP contribution < -0.4 is 5.76 Å². The Kier molecular flexibility index (Phi) is 3.10. The molecular weight excluding hydrogens is 270 g/mol. The molecule has 0 aliphatic carbocycles. The number of carboxylic acid groups (broad SMARTS) is 1. The molecule has 0 atom stereocenters. The van der Waals surface area contributed by atoms with Crippen LogP contribution in [0.25, 0.3) is 11.1 Å². The van der Waals surface area contributed by atoms with Gasteiger partial charge in [-0.05, 0) is 30.7 Å². The first-order chi connectivity index (χ1) is 10.0. The minimum absolute atomic E-state index is 0.126. The van der Waals surface area contributed by atoms with Gasteiger partial charge in [-0.15, -0.1) is 0 Å². The first kappa shape index (κ1) is 13.2.